The quantitative estimate of drug-likeness (QED) is 0.677. The molecule has 0 aliphatic rings. The molecule has 112 valence electrons. The molecule has 4 nitrogen and oxygen atoms in total. The SMILES string of the molecule is Cn1c(SCc2c(F)cccc2Cl)nnc1-c1cccnc1. The van der Waals surface area contributed by atoms with Crippen molar-refractivity contribution in [2.75, 3.05) is 0 Å². The van der Waals surface area contributed by atoms with E-state index in [9.17, 15) is 4.39 Å². The number of hydrogen-bond donors (Lipinski definition) is 0. The van der Waals surface area contributed by atoms with Gasteiger partial charge in [0.25, 0.3) is 0 Å². The van der Waals surface area contributed by atoms with Crippen molar-refractivity contribution < 1.29 is 4.39 Å². The Morgan fingerprint density at radius 2 is 2.09 bits per heavy atom. The molecule has 0 radical (unpaired) electrons. The zero-order valence-corrected chi connectivity index (χ0v) is 13.3. The lowest BCUT2D eigenvalue weighted by atomic mass is 10.2. The summed E-state index contributed by atoms with van der Waals surface area (Å²) >= 11 is 7.42. The first-order chi connectivity index (χ1) is 10.7. The van der Waals surface area contributed by atoms with Crippen molar-refractivity contribution >= 4 is 23.4 Å². The molecule has 0 fully saturated rings. The highest BCUT2D eigenvalue weighted by atomic mass is 35.5. The second-order valence-corrected chi connectivity index (χ2v) is 5.95. The summed E-state index contributed by atoms with van der Waals surface area (Å²) in [5, 5.41) is 9.43. The lowest BCUT2D eigenvalue weighted by Gasteiger charge is -2.06. The molecule has 0 saturated heterocycles. The molecule has 0 N–H and O–H groups in total. The van der Waals surface area contributed by atoms with E-state index in [1.54, 1.807) is 24.5 Å². The number of halogens is 2. The standard InChI is InChI=1S/C15H12ClFN4S/c1-21-14(10-4-3-7-18-8-10)19-20-15(21)22-9-11-12(16)5-2-6-13(11)17/h2-8H,9H2,1H3. The molecule has 0 aliphatic carbocycles. The van der Waals surface area contributed by atoms with E-state index in [-0.39, 0.29) is 5.82 Å². The number of rotatable bonds is 4. The average Bonchev–Trinajstić information content (AvgIpc) is 2.89. The molecule has 3 rings (SSSR count). The van der Waals surface area contributed by atoms with Gasteiger partial charge in [-0.2, -0.15) is 0 Å². The number of nitrogens with zero attached hydrogens (tertiary/aromatic N) is 4. The monoisotopic (exact) mass is 334 g/mol. The Bertz CT molecular complexity index is 771. The highest BCUT2D eigenvalue weighted by Crippen LogP contribution is 2.29. The molecular formula is C15H12ClFN4S. The molecule has 0 amide bonds. The average molecular weight is 335 g/mol. The Morgan fingerprint density at radius 3 is 2.82 bits per heavy atom. The van der Waals surface area contributed by atoms with Crippen LogP contribution in [0.3, 0.4) is 0 Å². The Labute approximate surface area is 136 Å². The molecular weight excluding hydrogens is 323 g/mol. The third-order valence-electron chi connectivity index (χ3n) is 3.16. The van der Waals surface area contributed by atoms with Crippen molar-refractivity contribution in [3.63, 3.8) is 0 Å². The van der Waals surface area contributed by atoms with Crippen LogP contribution < -0.4 is 0 Å². The van der Waals surface area contributed by atoms with Crippen LogP contribution in [0.25, 0.3) is 11.4 Å². The number of aromatic nitrogens is 4. The van der Waals surface area contributed by atoms with Crippen LogP contribution in [0.5, 0.6) is 0 Å². The summed E-state index contributed by atoms with van der Waals surface area (Å²) in [5.74, 6) is 0.801. The van der Waals surface area contributed by atoms with E-state index in [1.807, 2.05) is 23.7 Å². The van der Waals surface area contributed by atoms with Crippen LogP contribution in [-0.2, 0) is 12.8 Å². The van der Waals surface area contributed by atoms with Gasteiger partial charge in [-0.3, -0.25) is 4.98 Å². The summed E-state index contributed by atoms with van der Waals surface area (Å²) in [7, 11) is 1.87. The van der Waals surface area contributed by atoms with E-state index in [0.29, 0.717) is 21.5 Å². The van der Waals surface area contributed by atoms with Gasteiger partial charge in [-0.15, -0.1) is 10.2 Å². The summed E-state index contributed by atoms with van der Waals surface area (Å²) < 4.78 is 15.6. The van der Waals surface area contributed by atoms with Gasteiger partial charge in [0.05, 0.1) is 0 Å². The predicted molar refractivity (Wildman–Crippen MR) is 85.2 cm³/mol. The zero-order chi connectivity index (χ0) is 15.5. The van der Waals surface area contributed by atoms with Crippen molar-refractivity contribution in [2.45, 2.75) is 10.9 Å². The van der Waals surface area contributed by atoms with E-state index < -0.39 is 0 Å². The Morgan fingerprint density at radius 1 is 1.23 bits per heavy atom. The molecule has 0 unspecified atom stereocenters. The first-order valence-corrected chi connectivity index (χ1v) is 7.88. The summed E-state index contributed by atoms with van der Waals surface area (Å²) in [6.45, 7) is 0. The third-order valence-corrected chi connectivity index (χ3v) is 4.56. The first kappa shape index (κ1) is 15.0. The Balaban J connectivity index is 1.81. The van der Waals surface area contributed by atoms with Gasteiger partial charge in [0.1, 0.15) is 5.82 Å². The van der Waals surface area contributed by atoms with Crippen LogP contribution in [0.1, 0.15) is 5.56 Å². The van der Waals surface area contributed by atoms with Gasteiger partial charge in [-0.25, -0.2) is 4.39 Å². The molecule has 2 aromatic heterocycles. The fourth-order valence-electron chi connectivity index (χ4n) is 1.99. The maximum absolute atomic E-state index is 13.8. The van der Waals surface area contributed by atoms with Gasteiger partial charge in [0.2, 0.25) is 0 Å². The van der Waals surface area contributed by atoms with Crippen molar-refractivity contribution in [3.8, 4) is 11.4 Å². The number of pyridine rings is 1. The Kier molecular flexibility index (Phi) is 4.40. The van der Waals surface area contributed by atoms with Crippen molar-refractivity contribution in [3.05, 3.63) is 59.1 Å². The van der Waals surface area contributed by atoms with E-state index in [1.165, 1.54) is 17.8 Å². The second kappa shape index (κ2) is 6.46. The highest BCUT2D eigenvalue weighted by molar-refractivity contribution is 7.98. The third kappa shape index (κ3) is 2.98. The summed E-state index contributed by atoms with van der Waals surface area (Å²) in [5.41, 5.74) is 1.35. The minimum absolute atomic E-state index is 0.311. The summed E-state index contributed by atoms with van der Waals surface area (Å²) in [6.07, 6.45) is 3.43. The summed E-state index contributed by atoms with van der Waals surface area (Å²) in [6, 6.07) is 8.43. The highest BCUT2D eigenvalue weighted by Gasteiger charge is 2.13. The topological polar surface area (TPSA) is 43.6 Å². The number of hydrogen-bond acceptors (Lipinski definition) is 4. The van der Waals surface area contributed by atoms with Crippen LogP contribution in [-0.4, -0.2) is 19.7 Å². The molecule has 7 heteroatoms. The van der Waals surface area contributed by atoms with Gasteiger partial charge in [-0.05, 0) is 24.3 Å². The zero-order valence-electron chi connectivity index (χ0n) is 11.7. The van der Waals surface area contributed by atoms with Gasteiger partial charge in [0.15, 0.2) is 11.0 Å². The first-order valence-electron chi connectivity index (χ1n) is 6.52. The van der Waals surface area contributed by atoms with Gasteiger partial charge >= 0.3 is 0 Å². The molecule has 2 heterocycles. The number of thioether (sulfide) groups is 1. The minimum Gasteiger partial charge on any atom is -0.305 e. The second-order valence-electron chi connectivity index (χ2n) is 4.60. The molecule has 0 bridgehead atoms. The van der Waals surface area contributed by atoms with E-state index in [2.05, 4.69) is 15.2 Å². The van der Waals surface area contributed by atoms with Gasteiger partial charge in [-0.1, -0.05) is 29.4 Å². The van der Waals surface area contributed by atoms with Crippen LogP contribution in [0, 0.1) is 5.82 Å². The fourth-order valence-corrected chi connectivity index (χ4v) is 3.25. The molecule has 0 saturated carbocycles. The van der Waals surface area contributed by atoms with E-state index >= 15 is 0 Å². The molecule has 3 aromatic rings. The van der Waals surface area contributed by atoms with Crippen molar-refractivity contribution in [1.29, 1.82) is 0 Å². The normalized spacial score (nSPS) is 10.9. The van der Waals surface area contributed by atoms with Gasteiger partial charge < -0.3 is 4.57 Å². The smallest absolute Gasteiger partial charge is 0.191 e. The lowest BCUT2D eigenvalue weighted by molar-refractivity contribution is 0.617. The van der Waals surface area contributed by atoms with Crippen LogP contribution in [0.15, 0.2) is 47.9 Å². The molecule has 0 spiro atoms. The largest absolute Gasteiger partial charge is 0.305 e. The maximum Gasteiger partial charge on any atom is 0.191 e. The predicted octanol–water partition coefficient (Wildman–Crippen LogP) is 3.96. The molecule has 1 aromatic carbocycles. The van der Waals surface area contributed by atoms with Crippen LogP contribution in [0.2, 0.25) is 5.02 Å². The Hall–Kier alpha value is -1.92. The van der Waals surface area contributed by atoms with Crippen LogP contribution >= 0.6 is 23.4 Å². The maximum atomic E-state index is 13.8. The summed E-state index contributed by atoms with van der Waals surface area (Å²) in [4.78, 5) is 4.07. The fraction of sp³-hybridized carbons (Fsp3) is 0.133. The van der Waals surface area contributed by atoms with E-state index in [0.717, 1.165) is 11.4 Å². The van der Waals surface area contributed by atoms with Gasteiger partial charge in [0, 0.05) is 41.3 Å². The molecule has 22 heavy (non-hydrogen) atoms. The number of benzene rings is 1. The molecule has 0 aliphatic heterocycles. The van der Waals surface area contributed by atoms with Crippen molar-refractivity contribution in [1.82, 2.24) is 19.7 Å². The van der Waals surface area contributed by atoms with E-state index in [4.69, 9.17) is 11.6 Å². The van der Waals surface area contributed by atoms with Crippen LogP contribution in [0.4, 0.5) is 4.39 Å². The molecule has 0 atom stereocenters. The van der Waals surface area contributed by atoms with Crippen molar-refractivity contribution in [2.24, 2.45) is 7.05 Å². The minimum atomic E-state index is -0.311. The lowest BCUT2D eigenvalue weighted by Crippen LogP contribution is -1.96.